The van der Waals surface area contributed by atoms with Gasteiger partial charge in [0, 0.05) is 18.0 Å². The number of aliphatic hydroxyl groups excluding tert-OH is 1. The van der Waals surface area contributed by atoms with Gasteiger partial charge in [0.2, 0.25) is 0 Å². The van der Waals surface area contributed by atoms with E-state index in [-0.39, 0.29) is 18.8 Å². The summed E-state index contributed by atoms with van der Waals surface area (Å²) in [6, 6.07) is 1.45. The first-order valence-electron chi connectivity index (χ1n) is 5.90. The Morgan fingerprint density at radius 3 is 2.47 bits per heavy atom. The fourth-order valence-corrected chi connectivity index (χ4v) is 1.45. The Balaban J connectivity index is 2.96. The van der Waals surface area contributed by atoms with Crippen LogP contribution in [0.4, 0.5) is 14.5 Å². The number of aromatic carboxylic acids is 1. The lowest BCUT2D eigenvalue weighted by atomic mass is 9.88. The van der Waals surface area contributed by atoms with E-state index in [0.717, 1.165) is 6.07 Å². The predicted octanol–water partition coefficient (Wildman–Crippen LogP) is 2.48. The lowest BCUT2D eigenvalue weighted by Crippen LogP contribution is -2.30. The van der Waals surface area contributed by atoms with Gasteiger partial charge in [-0.1, -0.05) is 13.8 Å². The van der Waals surface area contributed by atoms with Crippen molar-refractivity contribution in [1.82, 2.24) is 0 Å². The van der Waals surface area contributed by atoms with Crippen LogP contribution in [0.25, 0.3) is 0 Å². The zero-order valence-corrected chi connectivity index (χ0v) is 10.8. The maximum Gasteiger partial charge on any atom is 0.338 e. The first-order valence-corrected chi connectivity index (χ1v) is 5.90. The second kappa shape index (κ2) is 5.97. The molecule has 0 aliphatic heterocycles. The normalized spacial score (nSPS) is 13.9. The first kappa shape index (κ1) is 15.4. The lowest BCUT2D eigenvalue weighted by Gasteiger charge is -2.26. The molecule has 0 fully saturated rings. The molecule has 0 radical (unpaired) electrons. The van der Waals surface area contributed by atoms with Crippen LogP contribution >= 0.6 is 0 Å². The molecule has 4 nitrogen and oxygen atoms in total. The number of rotatable bonds is 6. The molecule has 0 aliphatic carbocycles. The number of aliphatic hydroxyl groups is 1. The topological polar surface area (TPSA) is 69.6 Å². The summed E-state index contributed by atoms with van der Waals surface area (Å²) in [5.41, 5.74) is -1.14. The number of carboxylic acid groups (broad SMARTS) is 1. The summed E-state index contributed by atoms with van der Waals surface area (Å²) in [6.45, 7) is 3.84. The molecule has 0 bridgehead atoms. The lowest BCUT2D eigenvalue weighted by molar-refractivity contribution is 0.0692. The Bertz CT molecular complexity index is 473. The molecule has 0 aliphatic rings. The molecule has 0 heterocycles. The predicted molar refractivity (Wildman–Crippen MR) is 67.3 cm³/mol. The fourth-order valence-electron chi connectivity index (χ4n) is 1.45. The van der Waals surface area contributed by atoms with E-state index in [1.54, 1.807) is 6.92 Å². The van der Waals surface area contributed by atoms with E-state index in [1.165, 1.54) is 0 Å². The van der Waals surface area contributed by atoms with Crippen LogP contribution < -0.4 is 5.32 Å². The van der Waals surface area contributed by atoms with Crippen LogP contribution in [-0.2, 0) is 0 Å². The van der Waals surface area contributed by atoms with Crippen molar-refractivity contribution in [2.75, 3.05) is 18.5 Å². The van der Waals surface area contributed by atoms with Gasteiger partial charge < -0.3 is 15.5 Å². The van der Waals surface area contributed by atoms with Gasteiger partial charge in [0.25, 0.3) is 0 Å². The summed E-state index contributed by atoms with van der Waals surface area (Å²) in [5, 5.41) is 20.7. The second-order valence-corrected chi connectivity index (χ2v) is 4.79. The average molecular weight is 273 g/mol. The van der Waals surface area contributed by atoms with Crippen molar-refractivity contribution in [2.45, 2.75) is 20.3 Å². The van der Waals surface area contributed by atoms with E-state index in [1.807, 2.05) is 6.92 Å². The molecule has 19 heavy (non-hydrogen) atoms. The zero-order chi connectivity index (χ0) is 14.6. The standard InChI is InChI=1S/C13H17F2NO3/c1-3-13(2,7-17)6-16-11-4-8(12(18)19)9(14)5-10(11)15/h4-5,16-17H,3,6-7H2,1-2H3,(H,18,19). The first-order chi connectivity index (χ1) is 8.83. The van der Waals surface area contributed by atoms with Gasteiger partial charge in [-0.15, -0.1) is 0 Å². The van der Waals surface area contributed by atoms with Gasteiger partial charge in [-0.3, -0.25) is 0 Å². The SMILES string of the molecule is CCC(C)(CO)CNc1cc(C(=O)O)c(F)cc1F. The van der Waals surface area contributed by atoms with Crippen LogP contribution in [0.2, 0.25) is 0 Å². The number of benzene rings is 1. The van der Waals surface area contributed by atoms with Crippen LogP contribution in [0.15, 0.2) is 12.1 Å². The van der Waals surface area contributed by atoms with E-state index in [0.29, 0.717) is 12.5 Å². The summed E-state index contributed by atoms with van der Waals surface area (Å²) < 4.78 is 26.7. The molecule has 0 amide bonds. The largest absolute Gasteiger partial charge is 0.478 e. The van der Waals surface area contributed by atoms with E-state index in [9.17, 15) is 18.7 Å². The van der Waals surface area contributed by atoms with Gasteiger partial charge in [0.1, 0.15) is 11.6 Å². The van der Waals surface area contributed by atoms with Crippen molar-refractivity contribution in [3.8, 4) is 0 Å². The number of anilines is 1. The molecule has 1 atom stereocenters. The molecule has 1 unspecified atom stereocenters. The molecule has 1 rings (SSSR count). The van der Waals surface area contributed by atoms with Crippen molar-refractivity contribution in [3.05, 3.63) is 29.3 Å². The third-order valence-electron chi connectivity index (χ3n) is 3.23. The fraction of sp³-hybridized carbons (Fsp3) is 0.462. The van der Waals surface area contributed by atoms with Crippen LogP contribution in [-0.4, -0.2) is 29.3 Å². The van der Waals surface area contributed by atoms with Crippen molar-refractivity contribution >= 4 is 11.7 Å². The number of halogens is 2. The van der Waals surface area contributed by atoms with E-state index in [4.69, 9.17) is 5.11 Å². The Hall–Kier alpha value is -1.69. The van der Waals surface area contributed by atoms with Gasteiger partial charge >= 0.3 is 5.97 Å². The Kier molecular flexibility index (Phi) is 4.83. The van der Waals surface area contributed by atoms with Crippen molar-refractivity contribution < 1.29 is 23.8 Å². The minimum atomic E-state index is -1.46. The van der Waals surface area contributed by atoms with Gasteiger partial charge in [0.05, 0.1) is 17.9 Å². The molecule has 0 spiro atoms. The zero-order valence-electron chi connectivity index (χ0n) is 10.8. The Morgan fingerprint density at radius 1 is 1.37 bits per heavy atom. The highest BCUT2D eigenvalue weighted by Gasteiger charge is 2.22. The smallest absolute Gasteiger partial charge is 0.338 e. The molecule has 6 heteroatoms. The summed E-state index contributed by atoms with van der Waals surface area (Å²) in [6.07, 6.45) is 0.658. The highest BCUT2D eigenvalue weighted by atomic mass is 19.1. The number of hydrogen-bond donors (Lipinski definition) is 3. The van der Waals surface area contributed by atoms with Gasteiger partial charge in [-0.05, 0) is 12.5 Å². The quantitative estimate of drug-likeness (QED) is 0.744. The van der Waals surface area contributed by atoms with Crippen LogP contribution in [0.1, 0.15) is 30.6 Å². The summed E-state index contributed by atoms with van der Waals surface area (Å²) >= 11 is 0. The van der Waals surface area contributed by atoms with Crippen LogP contribution in [0.5, 0.6) is 0 Å². The number of carbonyl (C=O) groups is 1. The van der Waals surface area contributed by atoms with E-state index in [2.05, 4.69) is 5.32 Å². The van der Waals surface area contributed by atoms with Crippen molar-refractivity contribution in [1.29, 1.82) is 0 Å². The monoisotopic (exact) mass is 273 g/mol. The van der Waals surface area contributed by atoms with Crippen molar-refractivity contribution in [3.63, 3.8) is 0 Å². The Labute approximate surface area is 110 Å². The minimum absolute atomic E-state index is 0.0908. The molecule has 1 aromatic rings. The van der Waals surface area contributed by atoms with E-state index < -0.39 is 28.6 Å². The highest BCUT2D eigenvalue weighted by Crippen LogP contribution is 2.24. The summed E-state index contributed by atoms with van der Waals surface area (Å²) in [7, 11) is 0. The highest BCUT2D eigenvalue weighted by molar-refractivity contribution is 5.89. The molecular weight excluding hydrogens is 256 g/mol. The maximum atomic E-state index is 13.5. The number of carboxylic acids is 1. The molecule has 0 saturated heterocycles. The summed E-state index contributed by atoms with van der Waals surface area (Å²) in [4.78, 5) is 10.8. The van der Waals surface area contributed by atoms with E-state index >= 15 is 0 Å². The van der Waals surface area contributed by atoms with Crippen LogP contribution in [0.3, 0.4) is 0 Å². The Morgan fingerprint density at radius 2 is 2.00 bits per heavy atom. The van der Waals surface area contributed by atoms with Gasteiger partial charge in [-0.2, -0.15) is 0 Å². The molecular formula is C13H17F2NO3. The number of hydrogen-bond acceptors (Lipinski definition) is 3. The van der Waals surface area contributed by atoms with Gasteiger partial charge in [0.15, 0.2) is 0 Å². The number of nitrogens with one attached hydrogen (secondary N) is 1. The maximum absolute atomic E-state index is 13.5. The average Bonchev–Trinajstić information content (AvgIpc) is 2.37. The third-order valence-corrected chi connectivity index (χ3v) is 3.23. The minimum Gasteiger partial charge on any atom is -0.478 e. The molecule has 0 aromatic heterocycles. The third kappa shape index (κ3) is 3.64. The van der Waals surface area contributed by atoms with Crippen LogP contribution in [0, 0.1) is 17.0 Å². The molecule has 1 aromatic carbocycles. The van der Waals surface area contributed by atoms with Gasteiger partial charge in [-0.25, -0.2) is 13.6 Å². The second-order valence-electron chi connectivity index (χ2n) is 4.79. The molecule has 3 N–H and O–H groups in total. The molecule has 0 saturated carbocycles. The summed E-state index contributed by atoms with van der Waals surface area (Å²) in [5.74, 6) is -3.43. The van der Waals surface area contributed by atoms with Crippen molar-refractivity contribution in [2.24, 2.45) is 5.41 Å². The molecule has 106 valence electrons.